The monoisotopic (exact) mass is 501 g/mol. The number of fused-ring (bicyclic) bond motifs is 6. The minimum Gasteiger partial charge on any atom is -0.453 e. The summed E-state index contributed by atoms with van der Waals surface area (Å²) in [4.78, 5) is 16.1. The van der Waals surface area contributed by atoms with Crippen LogP contribution in [0.2, 0.25) is 0 Å². The minimum atomic E-state index is -1.30. The maximum Gasteiger partial charge on any atom is 0.306 e. The van der Waals surface area contributed by atoms with Gasteiger partial charge in [0.2, 0.25) is 0 Å². The van der Waals surface area contributed by atoms with E-state index < -0.39 is 5.72 Å². The average molecular weight is 502 g/mol. The molecule has 0 saturated heterocycles. The van der Waals surface area contributed by atoms with Crippen molar-refractivity contribution >= 4 is 33.2 Å². The number of ether oxygens (including phenoxy) is 1. The van der Waals surface area contributed by atoms with E-state index in [0.29, 0.717) is 18.9 Å². The Balaban J connectivity index is 1.55. The second kappa shape index (κ2) is 7.45. The van der Waals surface area contributed by atoms with E-state index in [1.807, 2.05) is 64.5 Å². The molecule has 0 fully saturated rings. The van der Waals surface area contributed by atoms with E-state index in [9.17, 15) is 4.79 Å². The van der Waals surface area contributed by atoms with Crippen LogP contribution < -0.4 is 9.64 Å². The first-order valence-electron chi connectivity index (χ1n) is 11.3. The lowest BCUT2D eigenvalue weighted by Gasteiger charge is -2.44. The van der Waals surface area contributed by atoms with Gasteiger partial charge in [0.15, 0.2) is 0 Å². The zero-order valence-electron chi connectivity index (χ0n) is 18.5. The molecule has 0 N–H and O–H groups in total. The first kappa shape index (κ1) is 20.5. The highest BCUT2D eigenvalue weighted by Crippen LogP contribution is 2.55. The molecule has 3 aromatic carbocycles. The van der Waals surface area contributed by atoms with Crippen molar-refractivity contribution in [1.29, 1.82) is 0 Å². The quantitative estimate of drug-likeness (QED) is 0.452. The predicted octanol–water partition coefficient (Wildman–Crippen LogP) is 5.85. The zero-order chi connectivity index (χ0) is 22.7. The number of carbonyl (C=O) groups is 1. The van der Waals surface area contributed by atoms with Gasteiger partial charge < -0.3 is 9.64 Å². The van der Waals surface area contributed by atoms with Crippen molar-refractivity contribution in [2.75, 3.05) is 11.4 Å². The molecule has 166 valence electrons. The van der Waals surface area contributed by atoms with Gasteiger partial charge in [0.1, 0.15) is 5.75 Å². The summed E-state index contributed by atoms with van der Waals surface area (Å²) >= 11 is 3.52. The van der Waals surface area contributed by atoms with E-state index in [0.717, 1.165) is 38.3 Å². The normalized spacial score (nSPS) is 22.8. The van der Waals surface area contributed by atoms with Gasteiger partial charge in [0.05, 0.1) is 23.0 Å². The molecule has 3 aliphatic rings. The van der Waals surface area contributed by atoms with E-state index in [2.05, 4.69) is 48.0 Å². The van der Waals surface area contributed by atoms with Gasteiger partial charge in [-0.15, -0.1) is 0 Å². The zero-order valence-corrected chi connectivity index (χ0v) is 20.1. The minimum absolute atomic E-state index is 0.0716. The van der Waals surface area contributed by atoms with Gasteiger partial charge in [-0.3, -0.25) is 4.79 Å². The summed E-state index contributed by atoms with van der Waals surface area (Å²) in [6.45, 7) is 4.88. The average Bonchev–Trinajstić information content (AvgIpc) is 3.36. The van der Waals surface area contributed by atoms with Crippen molar-refractivity contribution in [3.63, 3.8) is 0 Å². The Morgan fingerprint density at radius 1 is 1.06 bits per heavy atom. The number of hydrazone groups is 1. The maximum absolute atomic E-state index is 14.2. The molecule has 2 atom stereocenters. The number of benzene rings is 3. The van der Waals surface area contributed by atoms with Gasteiger partial charge in [0.25, 0.3) is 5.91 Å². The molecular formula is C27H24BrN3O2. The third kappa shape index (κ3) is 2.97. The summed E-state index contributed by atoms with van der Waals surface area (Å²) in [6, 6.07) is 24.1. The molecule has 6 rings (SSSR count). The molecule has 3 aromatic rings. The van der Waals surface area contributed by atoms with E-state index in [1.54, 1.807) is 0 Å². The van der Waals surface area contributed by atoms with Crippen LogP contribution in [-0.2, 0) is 10.5 Å². The number of rotatable bonds is 3. The van der Waals surface area contributed by atoms with Crippen LogP contribution >= 0.6 is 15.9 Å². The molecule has 0 bridgehead atoms. The number of carbonyl (C=O) groups excluding carboxylic acids is 1. The van der Waals surface area contributed by atoms with E-state index in [1.165, 1.54) is 0 Å². The Hall–Kier alpha value is -3.12. The van der Waals surface area contributed by atoms with Crippen LogP contribution in [0.1, 0.15) is 43.0 Å². The number of anilines is 1. The Morgan fingerprint density at radius 2 is 1.79 bits per heavy atom. The molecule has 5 nitrogen and oxygen atoms in total. The van der Waals surface area contributed by atoms with Crippen molar-refractivity contribution in [1.82, 2.24) is 5.01 Å². The van der Waals surface area contributed by atoms with Crippen LogP contribution in [0.5, 0.6) is 5.75 Å². The Morgan fingerprint density at radius 3 is 2.58 bits per heavy atom. The molecule has 1 amide bonds. The number of amides is 1. The number of hydrogen-bond acceptors (Lipinski definition) is 4. The summed E-state index contributed by atoms with van der Waals surface area (Å²) < 4.78 is 7.69. The van der Waals surface area contributed by atoms with Crippen LogP contribution in [0, 0.1) is 5.92 Å². The molecule has 0 saturated carbocycles. The molecule has 3 heterocycles. The highest BCUT2D eigenvalue weighted by Gasteiger charge is 2.63. The summed E-state index contributed by atoms with van der Waals surface area (Å²) in [5.41, 5.74) is 3.53. The van der Waals surface area contributed by atoms with Crippen molar-refractivity contribution in [3.8, 4) is 5.75 Å². The van der Waals surface area contributed by atoms with E-state index >= 15 is 0 Å². The third-order valence-corrected chi connectivity index (χ3v) is 7.12. The smallest absolute Gasteiger partial charge is 0.306 e. The number of nitrogens with zero attached hydrogens (tertiary/aromatic N) is 3. The molecule has 0 aliphatic carbocycles. The lowest BCUT2D eigenvalue weighted by Crippen LogP contribution is -2.57. The molecule has 33 heavy (non-hydrogen) atoms. The van der Waals surface area contributed by atoms with Crippen molar-refractivity contribution in [2.24, 2.45) is 11.0 Å². The van der Waals surface area contributed by atoms with Gasteiger partial charge in [0, 0.05) is 23.0 Å². The van der Waals surface area contributed by atoms with Crippen LogP contribution in [0.25, 0.3) is 0 Å². The molecule has 0 unspecified atom stereocenters. The summed E-state index contributed by atoms with van der Waals surface area (Å²) in [6.07, 6.45) is 0.712. The predicted molar refractivity (Wildman–Crippen MR) is 132 cm³/mol. The van der Waals surface area contributed by atoms with Crippen molar-refractivity contribution in [2.45, 2.75) is 32.0 Å². The van der Waals surface area contributed by atoms with Gasteiger partial charge in [-0.1, -0.05) is 78.3 Å². The van der Waals surface area contributed by atoms with Gasteiger partial charge in [-0.25, -0.2) is 5.01 Å². The van der Waals surface area contributed by atoms with Gasteiger partial charge in [-0.2, -0.15) is 5.10 Å². The highest BCUT2D eigenvalue weighted by atomic mass is 79.9. The maximum atomic E-state index is 14.2. The first-order chi connectivity index (χ1) is 16.0. The van der Waals surface area contributed by atoms with Gasteiger partial charge >= 0.3 is 5.72 Å². The SMILES string of the molecule is CC(C)CN1C(=O)[C@@]2(Oc3ccccc3[C@H]3CC(c4ccc(Br)cc4)=NN32)c2ccccc21. The van der Waals surface area contributed by atoms with E-state index in [4.69, 9.17) is 9.84 Å². The Kier molecular flexibility index (Phi) is 4.63. The Bertz CT molecular complexity index is 1290. The molecule has 6 heteroatoms. The number of para-hydroxylation sites is 2. The standard InChI is InChI=1S/C27H24BrN3O2/c1-17(2)16-30-23-9-5-4-8-21(23)27(26(30)32)31-24(20-7-3-6-10-25(20)33-27)15-22(29-31)18-11-13-19(28)14-12-18/h3-14,17,24H,15-16H2,1-2H3/t24-,27+/m1/s1. The summed E-state index contributed by atoms with van der Waals surface area (Å²) in [5.74, 6) is 1.00. The molecule has 3 aliphatic heterocycles. The molecular weight excluding hydrogens is 478 g/mol. The fraction of sp³-hybridized carbons (Fsp3) is 0.259. The highest BCUT2D eigenvalue weighted by molar-refractivity contribution is 9.10. The fourth-order valence-corrected chi connectivity index (χ4v) is 5.45. The van der Waals surface area contributed by atoms with Gasteiger partial charge in [-0.05, 0) is 35.7 Å². The number of hydrogen-bond donors (Lipinski definition) is 0. The van der Waals surface area contributed by atoms with Crippen LogP contribution in [-0.4, -0.2) is 23.2 Å². The molecule has 0 aromatic heterocycles. The van der Waals surface area contributed by atoms with E-state index in [-0.39, 0.29) is 11.9 Å². The largest absolute Gasteiger partial charge is 0.453 e. The van der Waals surface area contributed by atoms with Crippen LogP contribution in [0.3, 0.4) is 0 Å². The van der Waals surface area contributed by atoms with Crippen LogP contribution in [0.15, 0.2) is 82.4 Å². The van der Waals surface area contributed by atoms with Crippen molar-refractivity contribution in [3.05, 3.63) is 94.0 Å². The first-order valence-corrected chi connectivity index (χ1v) is 12.1. The Labute approximate surface area is 201 Å². The second-order valence-electron chi connectivity index (χ2n) is 9.23. The lowest BCUT2D eigenvalue weighted by atomic mass is 9.92. The summed E-state index contributed by atoms with van der Waals surface area (Å²) in [7, 11) is 0. The summed E-state index contributed by atoms with van der Waals surface area (Å²) in [5, 5.41) is 6.99. The van der Waals surface area contributed by atoms with Crippen LogP contribution in [0.4, 0.5) is 5.69 Å². The lowest BCUT2D eigenvalue weighted by molar-refractivity contribution is -0.163. The fourth-order valence-electron chi connectivity index (χ4n) is 5.18. The third-order valence-electron chi connectivity index (χ3n) is 6.59. The van der Waals surface area contributed by atoms with Crippen molar-refractivity contribution < 1.29 is 9.53 Å². The molecule has 0 radical (unpaired) electrons. The number of halogens is 1. The topological polar surface area (TPSA) is 45.1 Å². The molecule has 1 spiro atoms. The second-order valence-corrected chi connectivity index (χ2v) is 10.1.